The molecule has 2 heterocycles. The third-order valence-electron chi connectivity index (χ3n) is 4.70. The average Bonchev–Trinajstić information content (AvgIpc) is 3.17. The molecule has 0 atom stereocenters. The molecule has 4 rings (SSSR count). The van der Waals surface area contributed by atoms with Gasteiger partial charge in [-0.1, -0.05) is 29.4 Å². The second-order valence-corrected chi connectivity index (χ2v) is 6.57. The number of rotatable bonds is 6. The average molecular weight is 375 g/mol. The fourth-order valence-electron chi connectivity index (χ4n) is 3.21. The minimum absolute atomic E-state index is 0.454. The van der Waals surface area contributed by atoms with Gasteiger partial charge in [-0.05, 0) is 35.9 Å². The predicted octanol–water partition coefficient (Wildman–Crippen LogP) is 3.60. The van der Waals surface area contributed by atoms with E-state index in [1.54, 1.807) is 6.08 Å². The van der Waals surface area contributed by atoms with Gasteiger partial charge in [0.1, 0.15) is 24.1 Å². The molecule has 0 aliphatic carbocycles. The zero-order valence-electron chi connectivity index (χ0n) is 15.5. The second-order valence-electron chi connectivity index (χ2n) is 6.57. The summed E-state index contributed by atoms with van der Waals surface area (Å²) in [4.78, 5) is 2.33. The minimum atomic E-state index is 0.454. The lowest BCUT2D eigenvalue weighted by Gasteiger charge is -2.26. The Labute approximate surface area is 163 Å². The Kier molecular flexibility index (Phi) is 5.66. The molecular weight excluding hydrogens is 354 g/mol. The Morgan fingerprint density at radius 2 is 2.04 bits per heavy atom. The van der Waals surface area contributed by atoms with Gasteiger partial charge in [0.15, 0.2) is 5.58 Å². The summed E-state index contributed by atoms with van der Waals surface area (Å²) >= 11 is 0. The van der Waals surface area contributed by atoms with Gasteiger partial charge in [0.05, 0.1) is 24.2 Å². The van der Waals surface area contributed by atoms with Crippen molar-refractivity contribution in [3.05, 3.63) is 59.8 Å². The first-order chi connectivity index (χ1) is 13.8. The number of ether oxygens (including phenoxy) is 2. The zero-order valence-corrected chi connectivity index (χ0v) is 15.5. The maximum Gasteiger partial charge on any atom is 0.167 e. The quantitative estimate of drug-likeness (QED) is 0.613. The molecule has 0 radical (unpaired) electrons. The van der Waals surface area contributed by atoms with E-state index >= 15 is 0 Å². The maximum absolute atomic E-state index is 9.63. The molecule has 0 spiro atoms. The number of nitrogens with zero attached hydrogens (tertiary/aromatic N) is 3. The Hall–Kier alpha value is -3.14. The highest BCUT2D eigenvalue weighted by Gasteiger charge is 2.13. The van der Waals surface area contributed by atoms with Gasteiger partial charge >= 0.3 is 0 Å². The number of aromatic nitrogens is 1. The lowest BCUT2D eigenvalue weighted by Crippen LogP contribution is -2.38. The fourth-order valence-corrected chi connectivity index (χ4v) is 3.21. The summed E-state index contributed by atoms with van der Waals surface area (Å²) in [5, 5.41) is 14.5. The smallest absolute Gasteiger partial charge is 0.167 e. The number of nitriles is 1. The van der Waals surface area contributed by atoms with Crippen LogP contribution in [0.25, 0.3) is 22.6 Å². The van der Waals surface area contributed by atoms with Gasteiger partial charge in [-0.3, -0.25) is 4.90 Å². The normalized spacial score (nSPS) is 15.5. The van der Waals surface area contributed by atoms with E-state index in [-0.39, 0.29) is 0 Å². The van der Waals surface area contributed by atoms with E-state index in [2.05, 4.69) is 16.1 Å². The van der Waals surface area contributed by atoms with Crippen LogP contribution in [0.3, 0.4) is 0 Å². The third kappa shape index (κ3) is 4.22. The zero-order chi connectivity index (χ0) is 19.2. The first kappa shape index (κ1) is 18.2. The van der Waals surface area contributed by atoms with E-state index in [0.717, 1.165) is 49.5 Å². The van der Waals surface area contributed by atoms with E-state index in [1.807, 2.05) is 48.5 Å². The summed E-state index contributed by atoms with van der Waals surface area (Å²) in [7, 11) is 0. The number of morpholine rings is 1. The van der Waals surface area contributed by atoms with Crippen LogP contribution >= 0.6 is 0 Å². The lowest BCUT2D eigenvalue weighted by molar-refractivity contribution is 0.0322. The lowest BCUT2D eigenvalue weighted by atomic mass is 10.1. The first-order valence-corrected chi connectivity index (χ1v) is 9.33. The van der Waals surface area contributed by atoms with E-state index in [4.69, 9.17) is 14.0 Å². The van der Waals surface area contributed by atoms with Crippen molar-refractivity contribution in [2.75, 3.05) is 39.5 Å². The Morgan fingerprint density at radius 3 is 2.89 bits per heavy atom. The standard InChI is InChI=1S/C22H21N3O3/c23-16-18(22-20-6-1-2-7-21(20)28-24-22)14-17-4-3-5-19(15-17)27-13-10-25-8-11-26-12-9-25/h1-7,14-15H,8-13H2/b18-14+. The van der Waals surface area contributed by atoms with Crippen molar-refractivity contribution in [2.24, 2.45) is 0 Å². The largest absolute Gasteiger partial charge is 0.492 e. The SMILES string of the molecule is N#C/C(=C\c1cccc(OCCN2CCOCC2)c1)c1noc2ccccc12. The molecule has 0 bridgehead atoms. The van der Waals surface area contributed by atoms with Gasteiger partial charge in [-0.2, -0.15) is 5.26 Å². The Morgan fingerprint density at radius 1 is 1.18 bits per heavy atom. The third-order valence-corrected chi connectivity index (χ3v) is 4.70. The van der Waals surface area contributed by atoms with Crippen LogP contribution < -0.4 is 4.74 Å². The predicted molar refractivity (Wildman–Crippen MR) is 107 cm³/mol. The maximum atomic E-state index is 9.63. The van der Waals surface area contributed by atoms with Gasteiger partial charge < -0.3 is 14.0 Å². The summed E-state index contributed by atoms with van der Waals surface area (Å²) in [5.74, 6) is 0.782. The highest BCUT2D eigenvalue weighted by atomic mass is 16.5. The molecule has 0 unspecified atom stereocenters. The van der Waals surface area contributed by atoms with Crippen molar-refractivity contribution in [1.29, 1.82) is 5.26 Å². The molecule has 28 heavy (non-hydrogen) atoms. The van der Waals surface area contributed by atoms with Crippen LogP contribution in [0.2, 0.25) is 0 Å². The van der Waals surface area contributed by atoms with Gasteiger partial charge in [0.25, 0.3) is 0 Å². The highest BCUT2D eigenvalue weighted by Crippen LogP contribution is 2.26. The topological polar surface area (TPSA) is 71.5 Å². The molecule has 1 aromatic heterocycles. The summed E-state index contributed by atoms with van der Waals surface area (Å²) in [5.41, 5.74) is 2.55. The molecular formula is C22H21N3O3. The summed E-state index contributed by atoms with van der Waals surface area (Å²) in [6, 6.07) is 17.5. The van der Waals surface area contributed by atoms with E-state index < -0.39 is 0 Å². The number of benzene rings is 2. The van der Waals surface area contributed by atoms with Crippen LogP contribution in [0.5, 0.6) is 5.75 Å². The van der Waals surface area contributed by atoms with Gasteiger partial charge in [0, 0.05) is 19.6 Å². The fraction of sp³-hybridized carbons (Fsp3) is 0.273. The first-order valence-electron chi connectivity index (χ1n) is 9.33. The molecule has 0 saturated carbocycles. The molecule has 1 aliphatic heterocycles. The minimum Gasteiger partial charge on any atom is -0.492 e. The molecule has 6 nitrogen and oxygen atoms in total. The van der Waals surface area contributed by atoms with Crippen LogP contribution in [0.1, 0.15) is 11.3 Å². The number of hydrogen-bond acceptors (Lipinski definition) is 6. The molecule has 0 amide bonds. The van der Waals surface area contributed by atoms with Crippen LogP contribution in [0.15, 0.2) is 53.1 Å². The molecule has 0 N–H and O–H groups in total. The van der Waals surface area contributed by atoms with Crippen LogP contribution in [0, 0.1) is 11.3 Å². The van der Waals surface area contributed by atoms with Crippen LogP contribution in [-0.4, -0.2) is 49.5 Å². The van der Waals surface area contributed by atoms with Gasteiger partial charge in [-0.25, -0.2) is 0 Å². The van der Waals surface area contributed by atoms with Crippen molar-refractivity contribution >= 4 is 22.6 Å². The summed E-state index contributed by atoms with van der Waals surface area (Å²) in [6.07, 6.45) is 1.80. The van der Waals surface area contributed by atoms with E-state index in [1.165, 1.54) is 0 Å². The summed E-state index contributed by atoms with van der Waals surface area (Å²) < 4.78 is 16.6. The van der Waals surface area contributed by atoms with Crippen molar-refractivity contribution in [1.82, 2.24) is 10.1 Å². The van der Waals surface area contributed by atoms with Crippen molar-refractivity contribution in [3.63, 3.8) is 0 Å². The van der Waals surface area contributed by atoms with Crippen molar-refractivity contribution in [3.8, 4) is 11.8 Å². The summed E-state index contributed by atoms with van der Waals surface area (Å²) in [6.45, 7) is 4.96. The molecule has 6 heteroatoms. The number of fused-ring (bicyclic) bond motifs is 1. The number of allylic oxidation sites excluding steroid dienone is 1. The molecule has 2 aromatic carbocycles. The van der Waals surface area contributed by atoms with Gasteiger partial charge in [0.2, 0.25) is 0 Å². The molecule has 1 aliphatic rings. The Balaban J connectivity index is 1.47. The van der Waals surface area contributed by atoms with E-state index in [9.17, 15) is 5.26 Å². The van der Waals surface area contributed by atoms with Gasteiger partial charge in [-0.15, -0.1) is 0 Å². The second kappa shape index (κ2) is 8.70. The van der Waals surface area contributed by atoms with E-state index in [0.29, 0.717) is 23.5 Å². The van der Waals surface area contributed by atoms with Crippen molar-refractivity contribution < 1.29 is 14.0 Å². The molecule has 1 saturated heterocycles. The molecule has 142 valence electrons. The van der Waals surface area contributed by atoms with Crippen LogP contribution in [0.4, 0.5) is 0 Å². The molecule has 3 aromatic rings. The van der Waals surface area contributed by atoms with Crippen LogP contribution in [-0.2, 0) is 4.74 Å². The highest BCUT2D eigenvalue weighted by molar-refractivity contribution is 5.98. The molecule has 1 fully saturated rings. The van der Waals surface area contributed by atoms with Crippen molar-refractivity contribution in [2.45, 2.75) is 0 Å². The monoisotopic (exact) mass is 375 g/mol. The Bertz CT molecular complexity index is 1010. The number of para-hydroxylation sites is 1. The number of hydrogen-bond donors (Lipinski definition) is 0.